The van der Waals surface area contributed by atoms with Gasteiger partial charge in [-0.25, -0.2) is 0 Å². The van der Waals surface area contributed by atoms with Gasteiger partial charge < -0.3 is 14.5 Å². The number of hydrogen-bond acceptors (Lipinski definition) is 3. The van der Waals surface area contributed by atoms with Gasteiger partial charge in [0.2, 0.25) is 0 Å². The smallest absolute Gasteiger partial charge is 0.368 e. The van der Waals surface area contributed by atoms with E-state index in [1.165, 1.54) is 4.90 Å². The molecule has 0 bridgehead atoms. The van der Waals surface area contributed by atoms with Crippen LogP contribution in [0.1, 0.15) is 12.8 Å². The largest absolute Gasteiger partial charge is 0.471 e. The van der Waals surface area contributed by atoms with Crippen molar-refractivity contribution in [1.82, 2.24) is 9.80 Å². The van der Waals surface area contributed by atoms with Crippen LogP contribution in [0, 0.1) is 0 Å². The van der Waals surface area contributed by atoms with Gasteiger partial charge in [-0.3, -0.25) is 9.59 Å². The Morgan fingerprint density at radius 1 is 1.05 bits per heavy atom. The molecule has 1 atom stereocenters. The van der Waals surface area contributed by atoms with Crippen molar-refractivity contribution in [2.45, 2.75) is 25.1 Å². The van der Waals surface area contributed by atoms with Crippen molar-refractivity contribution >= 4 is 11.8 Å². The Kier molecular flexibility index (Phi) is 3.98. The van der Waals surface area contributed by atoms with Gasteiger partial charge in [0, 0.05) is 32.8 Å². The molecule has 5 nitrogen and oxygen atoms in total. The van der Waals surface area contributed by atoms with Crippen LogP contribution >= 0.6 is 0 Å². The number of carbonyl (C=O) groups is 2. The van der Waals surface area contributed by atoms with Gasteiger partial charge in [-0.15, -0.1) is 0 Å². The van der Waals surface area contributed by atoms with Gasteiger partial charge in [-0.05, 0) is 12.8 Å². The second-order valence-corrected chi connectivity index (χ2v) is 4.62. The van der Waals surface area contributed by atoms with Gasteiger partial charge in [-0.1, -0.05) is 0 Å². The molecule has 0 radical (unpaired) electrons. The van der Waals surface area contributed by atoms with Crippen LogP contribution in [-0.2, 0) is 14.3 Å². The third kappa shape index (κ3) is 3.17. The minimum Gasteiger partial charge on any atom is -0.368 e. The van der Waals surface area contributed by atoms with E-state index in [9.17, 15) is 22.8 Å². The summed E-state index contributed by atoms with van der Waals surface area (Å²) in [5, 5.41) is 0. The molecular weight excluding hydrogens is 265 g/mol. The fraction of sp³-hybridized carbons (Fsp3) is 0.818. The van der Waals surface area contributed by atoms with Crippen LogP contribution < -0.4 is 0 Å². The molecule has 0 saturated carbocycles. The van der Waals surface area contributed by atoms with Gasteiger partial charge in [0.05, 0.1) is 0 Å². The number of amides is 2. The zero-order valence-corrected chi connectivity index (χ0v) is 10.3. The summed E-state index contributed by atoms with van der Waals surface area (Å²) in [6.07, 6.45) is -3.84. The predicted octanol–water partition coefficient (Wildman–Crippen LogP) is 0.399. The van der Waals surface area contributed by atoms with Crippen molar-refractivity contribution in [2.75, 3.05) is 32.8 Å². The van der Waals surface area contributed by atoms with Gasteiger partial charge in [0.1, 0.15) is 6.10 Å². The first-order valence-electron chi connectivity index (χ1n) is 6.16. The molecule has 0 spiro atoms. The maximum absolute atomic E-state index is 12.2. The highest BCUT2D eigenvalue weighted by Gasteiger charge is 2.43. The van der Waals surface area contributed by atoms with Gasteiger partial charge in [-0.2, -0.15) is 13.2 Å². The molecule has 2 saturated heterocycles. The van der Waals surface area contributed by atoms with Gasteiger partial charge >= 0.3 is 12.1 Å². The highest BCUT2D eigenvalue weighted by Crippen LogP contribution is 2.20. The second kappa shape index (κ2) is 5.36. The molecule has 0 N–H and O–H groups in total. The van der Waals surface area contributed by atoms with Crippen molar-refractivity contribution in [3.8, 4) is 0 Å². The fourth-order valence-corrected chi connectivity index (χ4v) is 2.29. The zero-order chi connectivity index (χ0) is 14.0. The van der Waals surface area contributed by atoms with Gasteiger partial charge in [0.25, 0.3) is 5.91 Å². The Labute approximate surface area is 108 Å². The highest BCUT2D eigenvalue weighted by atomic mass is 19.4. The van der Waals surface area contributed by atoms with Crippen LogP contribution in [0.25, 0.3) is 0 Å². The first-order chi connectivity index (χ1) is 8.89. The van der Waals surface area contributed by atoms with E-state index in [1.807, 2.05) is 0 Å². The van der Waals surface area contributed by atoms with E-state index >= 15 is 0 Å². The lowest BCUT2D eigenvalue weighted by Gasteiger charge is -2.35. The lowest BCUT2D eigenvalue weighted by atomic mass is 10.2. The monoisotopic (exact) mass is 280 g/mol. The summed E-state index contributed by atoms with van der Waals surface area (Å²) in [7, 11) is 0. The SMILES string of the molecule is O=C(C1CCCO1)N1CCN(C(=O)C(F)(F)F)CC1. The second-order valence-electron chi connectivity index (χ2n) is 4.62. The number of rotatable bonds is 1. The quantitative estimate of drug-likeness (QED) is 0.698. The molecule has 108 valence electrons. The van der Waals surface area contributed by atoms with Crippen LogP contribution in [0.2, 0.25) is 0 Å². The first-order valence-corrected chi connectivity index (χ1v) is 6.16. The summed E-state index contributed by atoms with van der Waals surface area (Å²) in [6.45, 7) is 0.623. The van der Waals surface area contributed by atoms with Crippen LogP contribution in [0.3, 0.4) is 0 Å². The third-order valence-electron chi connectivity index (χ3n) is 3.33. The van der Waals surface area contributed by atoms with Crippen molar-refractivity contribution in [3.05, 3.63) is 0 Å². The Morgan fingerprint density at radius 3 is 2.11 bits per heavy atom. The average molecular weight is 280 g/mol. The molecule has 0 aromatic rings. The summed E-state index contributed by atoms with van der Waals surface area (Å²) < 4.78 is 42.0. The number of halogens is 3. The van der Waals surface area contributed by atoms with Crippen LogP contribution in [-0.4, -0.2) is 66.7 Å². The number of hydrogen-bond donors (Lipinski definition) is 0. The normalized spacial score (nSPS) is 24.7. The minimum atomic E-state index is -4.85. The summed E-state index contributed by atoms with van der Waals surface area (Å²) in [5.41, 5.74) is 0. The van der Waals surface area contributed by atoms with E-state index in [4.69, 9.17) is 4.74 Å². The van der Waals surface area contributed by atoms with Crippen molar-refractivity contribution in [3.63, 3.8) is 0 Å². The maximum Gasteiger partial charge on any atom is 0.471 e. The molecule has 0 aromatic heterocycles. The summed E-state index contributed by atoms with van der Waals surface area (Å²) in [6, 6.07) is 0. The van der Waals surface area contributed by atoms with Crippen LogP contribution in [0.4, 0.5) is 13.2 Å². The molecule has 2 rings (SSSR count). The summed E-state index contributed by atoms with van der Waals surface area (Å²) in [4.78, 5) is 25.2. The minimum absolute atomic E-state index is 0.0865. The zero-order valence-electron chi connectivity index (χ0n) is 10.3. The van der Waals surface area contributed by atoms with Crippen molar-refractivity contribution in [1.29, 1.82) is 0 Å². The highest BCUT2D eigenvalue weighted by molar-refractivity contribution is 5.83. The molecule has 2 aliphatic rings. The molecule has 2 fully saturated rings. The molecule has 2 aliphatic heterocycles. The lowest BCUT2D eigenvalue weighted by Crippen LogP contribution is -2.55. The number of carbonyl (C=O) groups excluding carboxylic acids is 2. The predicted molar refractivity (Wildman–Crippen MR) is 58.2 cm³/mol. The lowest BCUT2D eigenvalue weighted by molar-refractivity contribution is -0.187. The van der Waals surface area contributed by atoms with E-state index < -0.39 is 18.2 Å². The van der Waals surface area contributed by atoms with Gasteiger partial charge in [0.15, 0.2) is 0 Å². The summed E-state index contributed by atoms with van der Waals surface area (Å²) in [5.74, 6) is -2.02. The van der Waals surface area contributed by atoms with E-state index in [0.29, 0.717) is 13.0 Å². The standard InChI is InChI=1S/C11H15F3N2O3/c12-11(13,14)10(18)16-5-3-15(4-6-16)9(17)8-2-1-7-19-8/h8H,1-7H2. The molecule has 1 unspecified atom stereocenters. The third-order valence-corrected chi connectivity index (χ3v) is 3.33. The molecule has 0 aliphatic carbocycles. The Balaban J connectivity index is 1.85. The molecule has 2 amide bonds. The molecule has 2 heterocycles. The average Bonchev–Trinajstić information content (AvgIpc) is 2.90. The van der Waals surface area contributed by atoms with E-state index in [2.05, 4.69) is 0 Å². The number of alkyl halides is 3. The number of nitrogens with zero attached hydrogens (tertiary/aromatic N) is 2. The number of ether oxygens (including phenoxy) is 1. The van der Waals surface area contributed by atoms with Crippen molar-refractivity contribution in [2.24, 2.45) is 0 Å². The molecular formula is C11H15F3N2O3. The first kappa shape index (κ1) is 14.1. The Bertz CT molecular complexity index is 359. The summed E-state index contributed by atoms with van der Waals surface area (Å²) >= 11 is 0. The van der Waals surface area contributed by atoms with E-state index in [0.717, 1.165) is 11.3 Å². The molecule has 8 heteroatoms. The number of piperazine rings is 1. The molecule has 19 heavy (non-hydrogen) atoms. The maximum atomic E-state index is 12.2. The van der Waals surface area contributed by atoms with Crippen LogP contribution in [0.5, 0.6) is 0 Å². The fourth-order valence-electron chi connectivity index (χ4n) is 2.29. The van der Waals surface area contributed by atoms with Crippen molar-refractivity contribution < 1.29 is 27.5 Å². The topological polar surface area (TPSA) is 49.9 Å². The van der Waals surface area contributed by atoms with Crippen LogP contribution in [0.15, 0.2) is 0 Å². The Morgan fingerprint density at radius 2 is 1.63 bits per heavy atom. The van der Waals surface area contributed by atoms with E-state index in [1.54, 1.807) is 0 Å². The Hall–Kier alpha value is -1.31. The molecule has 0 aromatic carbocycles. The van der Waals surface area contributed by atoms with E-state index in [-0.39, 0.29) is 32.1 Å².